The zero-order valence-electron chi connectivity index (χ0n) is 10.4. The molecule has 0 amide bonds. The van der Waals surface area contributed by atoms with Crippen LogP contribution in [0, 0.1) is 11.3 Å². The molecule has 2 heteroatoms. The fourth-order valence-electron chi connectivity index (χ4n) is 2.52. The van der Waals surface area contributed by atoms with Crippen LogP contribution in [0.2, 0.25) is 0 Å². The highest BCUT2D eigenvalue weighted by Crippen LogP contribution is 2.46. The van der Waals surface area contributed by atoms with Crippen LogP contribution in [-0.4, -0.2) is 12.6 Å². The van der Waals surface area contributed by atoms with Crippen LogP contribution in [0.15, 0.2) is 24.8 Å². The second-order valence-corrected chi connectivity index (χ2v) is 4.78. The summed E-state index contributed by atoms with van der Waals surface area (Å²) >= 11 is 0. The summed E-state index contributed by atoms with van der Waals surface area (Å²) < 4.78 is 5.02. The van der Waals surface area contributed by atoms with E-state index < -0.39 is 0 Å². The Kier molecular flexibility index (Phi) is 4.34. The number of carbonyl (C=O) groups excluding carboxylic acids is 1. The van der Waals surface area contributed by atoms with Crippen molar-refractivity contribution in [3.05, 3.63) is 24.8 Å². The lowest BCUT2D eigenvalue weighted by Crippen LogP contribution is -2.32. The molecule has 0 spiro atoms. The average Bonchev–Trinajstić information content (AvgIpc) is 2.24. The normalized spacial score (nSPS) is 29.9. The first-order chi connectivity index (χ1) is 7.53. The molecular formula is C14H22O2. The molecule has 1 aliphatic carbocycles. The molecule has 0 unspecified atom stereocenters. The molecule has 0 bridgehead atoms. The number of allylic oxidation sites excluding steroid dienone is 2. The van der Waals surface area contributed by atoms with Gasteiger partial charge in [-0.2, -0.15) is 0 Å². The summed E-state index contributed by atoms with van der Waals surface area (Å²) in [6.07, 6.45) is 5.66. The van der Waals surface area contributed by atoms with Crippen LogP contribution in [0.25, 0.3) is 0 Å². The standard InChI is InChI=1S/C14H22O2/c1-5-14(4)9-7-8-11(3)12(14)10-13(15)16-6-2/h5,12H,1,3,6-10H2,2,4H3/t12-,14+/m1/s1. The minimum absolute atomic E-state index is 0.00208. The Labute approximate surface area is 98.4 Å². The lowest BCUT2D eigenvalue weighted by atomic mass is 9.64. The Morgan fingerprint density at radius 3 is 2.94 bits per heavy atom. The zero-order chi connectivity index (χ0) is 12.2. The molecule has 2 nitrogen and oxygen atoms in total. The lowest BCUT2D eigenvalue weighted by Gasteiger charge is -2.40. The van der Waals surface area contributed by atoms with Crippen molar-refractivity contribution in [2.24, 2.45) is 11.3 Å². The maximum atomic E-state index is 11.6. The van der Waals surface area contributed by atoms with E-state index in [9.17, 15) is 4.79 Å². The third-order valence-electron chi connectivity index (χ3n) is 3.64. The molecule has 90 valence electrons. The predicted octanol–water partition coefficient (Wildman–Crippen LogP) is 3.49. The highest BCUT2D eigenvalue weighted by atomic mass is 16.5. The Morgan fingerprint density at radius 2 is 2.38 bits per heavy atom. The third kappa shape index (κ3) is 2.75. The van der Waals surface area contributed by atoms with Crippen molar-refractivity contribution >= 4 is 5.97 Å². The second kappa shape index (κ2) is 5.33. The van der Waals surface area contributed by atoms with Gasteiger partial charge in [0.15, 0.2) is 0 Å². The first-order valence-electron chi connectivity index (χ1n) is 6.00. The monoisotopic (exact) mass is 222 g/mol. The average molecular weight is 222 g/mol. The molecule has 2 atom stereocenters. The minimum atomic E-state index is -0.122. The fourth-order valence-corrected chi connectivity index (χ4v) is 2.52. The van der Waals surface area contributed by atoms with Crippen LogP contribution in [-0.2, 0) is 9.53 Å². The number of hydrogen-bond donors (Lipinski definition) is 0. The van der Waals surface area contributed by atoms with E-state index in [1.54, 1.807) is 0 Å². The third-order valence-corrected chi connectivity index (χ3v) is 3.64. The lowest BCUT2D eigenvalue weighted by molar-refractivity contribution is -0.144. The molecular weight excluding hydrogens is 200 g/mol. The van der Waals surface area contributed by atoms with Crippen molar-refractivity contribution in [2.75, 3.05) is 6.61 Å². The first kappa shape index (κ1) is 13.0. The Bertz CT molecular complexity index is 293. The van der Waals surface area contributed by atoms with Gasteiger partial charge in [-0.25, -0.2) is 0 Å². The SMILES string of the molecule is C=C[C@@]1(C)CCCC(=C)[C@H]1CC(=O)OCC. The molecule has 0 aromatic heterocycles. The topological polar surface area (TPSA) is 26.3 Å². The van der Waals surface area contributed by atoms with Crippen LogP contribution in [0.5, 0.6) is 0 Å². The van der Waals surface area contributed by atoms with Crippen LogP contribution in [0.1, 0.15) is 39.5 Å². The molecule has 0 aliphatic heterocycles. The quantitative estimate of drug-likeness (QED) is 0.537. The van der Waals surface area contributed by atoms with Crippen molar-refractivity contribution in [1.82, 2.24) is 0 Å². The van der Waals surface area contributed by atoms with Gasteiger partial charge in [0.2, 0.25) is 0 Å². The Hall–Kier alpha value is -1.05. The summed E-state index contributed by atoms with van der Waals surface area (Å²) in [5.41, 5.74) is 1.17. The van der Waals surface area contributed by atoms with Crippen LogP contribution in [0.4, 0.5) is 0 Å². The summed E-state index contributed by atoms with van der Waals surface area (Å²) in [6, 6.07) is 0. The zero-order valence-corrected chi connectivity index (χ0v) is 10.4. The highest BCUT2D eigenvalue weighted by Gasteiger charge is 2.37. The van der Waals surface area contributed by atoms with E-state index in [1.165, 1.54) is 5.57 Å². The number of hydrogen-bond acceptors (Lipinski definition) is 2. The largest absolute Gasteiger partial charge is 0.466 e. The van der Waals surface area contributed by atoms with Gasteiger partial charge in [0.25, 0.3) is 0 Å². The Balaban J connectivity index is 2.75. The second-order valence-electron chi connectivity index (χ2n) is 4.78. The fraction of sp³-hybridized carbons (Fsp3) is 0.643. The number of esters is 1. The van der Waals surface area contributed by atoms with E-state index in [-0.39, 0.29) is 17.3 Å². The van der Waals surface area contributed by atoms with Gasteiger partial charge in [0.1, 0.15) is 0 Å². The van der Waals surface area contributed by atoms with Crippen molar-refractivity contribution in [2.45, 2.75) is 39.5 Å². The van der Waals surface area contributed by atoms with Crippen molar-refractivity contribution in [3.8, 4) is 0 Å². The van der Waals surface area contributed by atoms with Crippen molar-refractivity contribution in [1.29, 1.82) is 0 Å². The highest BCUT2D eigenvalue weighted by molar-refractivity contribution is 5.70. The summed E-state index contributed by atoms with van der Waals surface area (Å²) in [4.78, 5) is 11.6. The van der Waals surface area contributed by atoms with E-state index in [0.29, 0.717) is 13.0 Å². The summed E-state index contributed by atoms with van der Waals surface area (Å²) in [7, 11) is 0. The Morgan fingerprint density at radius 1 is 1.69 bits per heavy atom. The van der Waals surface area contributed by atoms with E-state index in [0.717, 1.165) is 19.3 Å². The molecule has 0 N–H and O–H groups in total. The van der Waals surface area contributed by atoms with E-state index in [1.807, 2.05) is 13.0 Å². The maximum Gasteiger partial charge on any atom is 0.306 e. The number of ether oxygens (including phenoxy) is 1. The number of rotatable bonds is 4. The molecule has 1 aliphatic rings. The molecule has 1 rings (SSSR count). The number of carbonyl (C=O) groups is 1. The minimum Gasteiger partial charge on any atom is -0.466 e. The molecule has 16 heavy (non-hydrogen) atoms. The van der Waals surface area contributed by atoms with Gasteiger partial charge in [-0.05, 0) is 37.5 Å². The van der Waals surface area contributed by atoms with Gasteiger partial charge >= 0.3 is 5.97 Å². The van der Waals surface area contributed by atoms with Crippen LogP contribution >= 0.6 is 0 Å². The summed E-state index contributed by atoms with van der Waals surface area (Å²) in [5.74, 6) is 0.0708. The molecule has 0 radical (unpaired) electrons. The van der Waals surface area contributed by atoms with Gasteiger partial charge in [-0.1, -0.05) is 25.2 Å². The molecule has 0 saturated heterocycles. The molecule has 0 aromatic carbocycles. The van der Waals surface area contributed by atoms with Gasteiger partial charge in [0, 0.05) is 0 Å². The molecule has 1 fully saturated rings. The van der Waals surface area contributed by atoms with E-state index >= 15 is 0 Å². The first-order valence-corrected chi connectivity index (χ1v) is 6.00. The van der Waals surface area contributed by atoms with E-state index in [2.05, 4.69) is 20.1 Å². The van der Waals surface area contributed by atoms with Gasteiger partial charge in [-0.3, -0.25) is 4.79 Å². The van der Waals surface area contributed by atoms with Gasteiger partial charge < -0.3 is 4.74 Å². The van der Waals surface area contributed by atoms with E-state index in [4.69, 9.17) is 4.74 Å². The van der Waals surface area contributed by atoms with Gasteiger partial charge in [0.05, 0.1) is 13.0 Å². The van der Waals surface area contributed by atoms with Gasteiger partial charge in [-0.15, -0.1) is 6.58 Å². The van der Waals surface area contributed by atoms with Crippen molar-refractivity contribution < 1.29 is 9.53 Å². The molecule has 0 aromatic rings. The predicted molar refractivity (Wildman–Crippen MR) is 66.0 cm³/mol. The van der Waals surface area contributed by atoms with Crippen LogP contribution in [0.3, 0.4) is 0 Å². The maximum absolute atomic E-state index is 11.6. The summed E-state index contributed by atoms with van der Waals surface area (Å²) in [5, 5.41) is 0. The van der Waals surface area contributed by atoms with Crippen molar-refractivity contribution in [3.63, 3.8) is 0 Å². The van der Waals surface area contributed by atoms with Crippen LogP contribution < -0.4 is 0 Å². The molecule has 0 heterocycles. The smallest absolute Gasteiger partial charge is 0.306 e. The molecule has 1 saturated carbocycles. The summed E-state index contributed by atoms with van der Waals surface area (Å²) in [6.45, 7) is 12.4.